The summed E-state index contributed by atoms with van der Waals surface area (Å²) in [6.07, 6.45) is -0.188. The molecule has 2 aliphatic rings. The maximum atomic E-state index is 12.9. The Kier molecular flexibility index (Phi) is 5.86. The van der Waals surface area contributed by atoms with E-state index in [0.717, 1.165) is 16.7 Å². The minimum Gasteiger partial charge on any atom is -0.469 e. The first kappa shape index (κ1) is 20.8. The van der Waals surface area contributed by atoms with Crippen molar-refractivity contribution >= 4 is 41.1 Å². The second kappa shape index (κ2) is 8.19. The van der Waals surface area contributed by atoms with Crippen LogP contribution in [0, 0.1) is 11.3 Å². The van der Waals surface area contributed by atoms with Gasteiger partial charge in [0.1, 0.15) is 11.1 Å². The third kappa shape index (κ3) is 3.45. The molecule has 29 heavy (non-hydrogen) atoms. The van der Waals surface area contributed by atoms with Crippen LogP contribution in [-0.2, 0) is 19.1 Å². The van der Waals surface area contributed by atoms with Crippen LogP contribution in [-0.4, -0.2) is 42.1 Å². The lowest BCUT2D eigenvalue weighted by atomic mass is 9.82. The number of carbonyl (C=O) groups excluding carboxylic acids is 3. The van der Waals surface area contributed by atoms with Gasteiger partial charge in [0.15, 0.2) is 0 Å². The average molecular weight is 433 g/mol. The van der Waals surface area contributed by atoms with Gasteiger partial charge in [-0.2, -0.15) is 5.26 Å². The summed E-state index contributed by atoms with van der Waals surface area (Å²) in [6, 6.07) is 8.83. The maximum Gasteiger partial charge on any atom is 0.307 e. The Bertz CT molecular complexity index is 1010. The van der Waals surface area contributed by atoms with E-state index in [9.17, 15) is 19.6 Å². The molecular weight excluding hydrogens is 416 g/mol. The van der Waals surface area contributed by atoms with Gasteiger partial charge < -0.3 is 15.8 Å². The number of nitriles is 1. The fourth-order valence-electron chi connectivity index (χ4n) is 3.30. The summed E-state index contributed by atoms with van der Waals surface area (Å²) in [7, 11) is 2.68. The van der Waals surface area contributed by atoms with Gasteiger partial charge in [0.25, 0.3) is 5.91 Å². The number of benzene rings is 1. The Morgan fingerprint density at radius 1 is 1.41 bits per heavy atom. The lowest BCUT2D eigenvalue weighted by Crippen LogP contribution is -2.39. The third-order valence-electron chi connectivity index (χ3n) is 4.67. The number of likely N-dealkylation sites (N-methyl/N-ethyl adjacent to an activating group) is 1. The summed E-state index contributed by atoms with van der Waals surface area (Å²) >= 11 is 7.40. The van der Waals surface area contributed by atoms with E-state index in [-0.39, 0.29) is 28.4 Å². The molecule has 3 N–H and O–H groups in total. The first-order valence-corrected chi connectivity index (χ1v) is 9.79. The van der Waals surface area contributed by atoms with Crippen LogP contribution < -0.4 is 11.1 Å². The van der Waals surface area contributed by atoms with Gasteiger partial charge in [-0.25, -0.2) is 0 Å². The number of fused-ring (bicyclic) bond motifs is 1. The number of methoxy groups -OCH3 is 1. The zero-order valence-electron chi connectivity index (χ0n) is 15.6. The highest BCUT2D eigenvalue weighted by molar-refractivity contribution is 8.04. The topological polar surface area (TPSA) is 126 Å². The van der Waals surface area contributed by atoms with Gasteiger partial charge in [0.2, 0.25) is 5.91 Å². The average Bonchev–Trinajstić information content (AvgIpc) is 3.03. The number of ether oxygens (including phenoxy) is 1. The molecule has 0 spiro atoms. The molecule has 10 heteroatoms. The molecule has 1 aromatic carbocycles. The molecule has 2 heterocycles. The summed E-state index contributed by atoms with van der Waals surface area (Å²) in [6.45, 7) is 0. The number of esters is 1. The molecule has 0 radical (unpaired) electrons. The van der Waals surface area contributed by atoms with Gasteiger partial charge in [-0.05, 0) is 11.6 Å². The highest BCUT2D eigenvalue weighted by Crippen LogP contribution is 2.50. The maximum absolute atomic E-state index is 12.9. The van der Waals surface area contributed by atoms with E-state index < -0.39 is 29.0 Å². The fourth-order valence-corrected chi connectivity index (χ4v) is 4.87. The second-order valence-electron chi connectivity index (χ2n) is 6.22. The van der Waals surface area contributed by atoms with Crippen molar-refractivity contribution in [1.82, 2.24) is 10.2 Å². The minimum atomic E-state index is -0.850. The van der Waals surface area contributed by atoms with Crippen molar-refractivity contribution in [2.75, 3.05) is 14.2 Å². The predicted octanol–water partition coefficient (Wildman–Crippen LogP) is 1.60. The molecule has 2 aliphatic heterocycles. The molecule has 0 aliphatic carbocycles. The first-order chi connectivity index (χ1) is 13.8. The van der Waals surface area contributed by atoms with E-state index in [2.05, 4.69) is 10.1 Å². The van der Waals surface area contributed by atoms with Crippen LogP contribution in [0.1, 0.15) is 17.9 Å². The Labute approximate surface area is 176 Å². The monoisotopic (exact) mass is 432 g/mol. The lowest BCUT2D eigenvalue weighted by molar-refractivity contribution is -0.142. The molecule has 1 saturated heterocycles. The number of nitrogens with one attached hydrogen (secondary N) is 1. The van der Waals surface area contributed by atoms with Gasteiger partial charge in [0, 0.05) is 12.1 Å². The summed E-state index contributed by atoms with van der Waals surface area (Å²) in [5.74, 6) is -2.46. The third-order valence-corrected chi connectivity index (χ3v) is 6.29. The summed E-state index contributed by atoms with van der Waals surface area (Å²) in [5.41, 5.74) is 6.93. The van der Waals surface area contributed by atoms with Gasteiger partial charge in [-0.15, -0.1) is 0 Å². The quantitative estimate of drug-likeness (QED) is 0.692. The first-order valence-electron chi connectivity index (χ1n) is 8.53. The van der Waals surface area contributed by atoms with Crippen LogP contribution in [0.5, 0.6) is 0 Å². The van der Waals surface area contributed by atoms with Crippen molar-refractivity contribution in [1.29, 1.82) is 5.26 Å². The van der Waals surface area contributed by atoms with Crippen LogP contribution in [0.25, 0.3) is 0 Å². The van der Waals surface area contributed by atoms with Crippen LogP contribution in [0.2, 0.25) is 5.02 Å². The smallest absolute Gasteiger partial charge is 0.307 e. The fraction of sp³-hybridized carbons (Fsp3) is 0.263. The van der Waals surface area contributed by atoms with Crippen molar-refractivity contribution in [3.8, 4) is 6.07 Å². The van der Waals surface area contributed by atoms with Crippen molar-refractivity contribution < 1.29 is 19.1 Å². The summed E-state index contributed by atoms with van der Waals surface area (Å²) in [5, 5.41) is 12.2. The van der Waals surface area contributed by atoms with E-state index >= 15 is 0 Å². The number of thioether (sulfide) groups is 1. The Hall–Kier alpha value is -2.96. The lowest BCUT2D eigenvalue weighted by Gasteiger charge is -2.32. The molecule has 3 rings (SSSR count). The Morgan fingerprint density at radius 3 is 2.69 bits per heavy atom. The van der Waals surface area contributed by atoms with Gasteiger partial charge in [-0.3, -0.25) is 19.3 Å². The minimum absolute atomic E-state index is 0.0353. The van der Waals surface area contributed by atoms with Crippen LogP contribution in [0.15, 0.2) is 46.3 Å². The molecule has 1 fully saturated rings. The van der Waals surface area contributed by atoms with E-state index in [1.807, 2.05) is 6.07 Å². The van der Waals surface area contributed by atoms with E-state index in [1.165, 1.54) is 14.2 Å². The van der Waals surface area contributed by atoms with Gasteiger partial charge in [0.05, 0.1) is 41.7 Å². The molecule has 150 valence electrons. The number of nitrogens with zero attached hydrogens (tertiary/aromatic N) is 2. The van der Waals surface area contributed by atoms with Gasteiger partial charge in [-0.1, -0.05) is 41.6 Å². The molecule has 0 unspecified atom stereocenters. The molecule has 2 atom stereocenters. The van der Waals surface area contributed by atoms with Crippen molar-refractivity contribution in [2.45, 2.75) is 17.6 Å². The summed E-state index contributed by atoms with van der Waals surface area (Å²) in [4.78, 5) is 38.6. The zero-order chi connectivity index (χ0) is 21.3. The number of carbonyl (C=O) groups is 3. The highest BCUT2D eigenvalue weighted by atomic mass is 35.5. The number of halogens is 1. The standard InChI is InChI=1S/C19H17ClN4O4S/c1-23-17(26)15-14(9-5-3-4-6-11(9)20)10(8-21)16(22)24-18(27)12(29-19(15)24)7-13(25)28-2/h3-6,12,14H,7,22H2,1-2H3,(H,23,26)/t12-,14-/m1/s1. The molecule has 2 amide bonds. The molecule has 1 aromatic rings. The molecular formula is C19H17ClN4O4S. The number of hydrogen-bond acceptors (Lipinski definition) is 7. The zero-order valence-corrected chi connectivity index (χ0v) is 17.1. The molecule has 0 saturated carbocycles. The number of hydrogen-bond donors (Lipinski definition) is 2. The van der Waals surface area contributed by atoms with Gasteiger partial charge >= 0.3 is 5.97 Å². The Balaban J connectivity index is 2.23. The SMILES string of the molecule is CNC(=O)C1=C2S[C@H](CC(=O)OC)C(=O)N2C(N)=C(C#N)[C@H]1c1ccccc1Cl. The van der Waals surface area contributed by atoms with Crippen molar-refractivity contribution in [2.24, 2.45) is 5.73 Å². The largest absolute Gasteiger partial charge is 0.469 e. The van der Waals surface area contributed by atoms with Crippen LogP contribution in [0.4, 0.5) is 0 Å². The van der Waals surface area contributed by atoms with Crippen LogP contribution in [0.3, 0.4) is 0 Å². The highest BCUT2D eigenvalue weighted by Gasteiger charge is 2.48. The van der Waals surface area contributed by atoms with Crippen molar-refractivity contribution in [3.05, 3.63) is 56.8 Å². The molecule has 0 bridgehead atoms. The van der Waals surface area contributed by atoms with E-state index in [0.29, 0.717) is 10.6 Å². The normalized spacial score (nSPS) is 21.0. The van der Waals surface area contributed by atoms with E-state index in [1.54, 1.807) is 24.3 Å². The number of amides is 2. The number of allylic oxidation sites excluding steroid dienone is 1. The molecule has 0 aromatic heterocycles. The predicted molar refractivity (Wildman–Crippen MR) is 107 cm³/mol. The number of nitrogens with two attached hydrogens (primary N) is 1. The van der Waals surface area contributed by atoms with Crippen molar-refractivity contribution in [3.63, 3.8) is 0 Å². The van der Waals surface area contributed by atoms with E-state index in [4.69, 9.17) is 17.3 Å². The second-order valence-corrected chi connectivity index (χ2v) is 7.82. The molecule has 8 nitrogen and oxygen atoms in total. The summed E-state index contributed by atoms with van der Waals surface area (Å²) < 4.78 is 4.65. The number of rotatable bonds is 4. The Morgan fingerprint density at radius 2 is 2.10 bits per heavy atom. The van der Waals surface area contributed by atoms with Crippen LogP contribution >= 0.6 is 23.4 Å².